The molecule has 1 aliphatic rings. The van der Waals surface area contributed by atoms with Crippen LogP contribution >= 0.6 is 0 Å². The van der Waals surface area contributed by atoms with Crippen LogP contribution in [-0.4, -0.2) is 24.5 Å². The molecular formula is C17H22BF3O2. The van der Waals surface area contributed by atoms with Gasteiger partial charge in [-0.15, -0.1) is 0 Å². The molecule has 126 valence electrons. The van der Waals surface area contributed by atoms with Crippen molar-refractivity contribution in [1.29, 1.82) is 0 Å². The van der Waals surface area contributed by atoms with Crippen LogP contribution in [0, 0.1) is 0 Å². The molecule has 0 amide bonds. The summed E-state index contributed by atoms with van der Waals surface area (Å²) in [5, 5.41) is 0. The maximum Gasteiger partial charge on any atom is 0.461 e. The van der Waals surface area contributed by atoms with E-state index in [0.717, 1.165) is 0 Å². The van der Waals surface area contributed by atoms with Crippen molar-refractivity contribution >= 4 is 7.12 Å². The summed E-state index contributed by atoms with van der Waals surface area (Å²) in [4.78, 5) is 0. The zero-order chi connectivity index (χ0) is 17.3. The third-order valence-corrected chi connectivity index (χ3v) is 4.47. The molecule has 1 unspecified atom stereocenters. The first-order chi connectivity index (χ1) is 10.5. The summed E-state index contributed by atoms with van der Waals surface area (Å²) >= 11 is 0. The van der Waals surface area contributed by atoms with E-state index in [9.17, 15) is 13.2 Å². The first-order valence-electron chi connectivity index (χ1n) is 7.67. The molecule has 23 heavy (non-hydrogen) atoms. The molecule has 2 nitrogen and oxygen atoms in total. The SMILES string of the molecule is CC1(C)OB(CC=CC(c2ccccc2)C(F)(F)F)OC1(C)C. The lowest BCUT2D eigenvalue weighted by Crippen LogP contribution is -2.41. The fraction of sp³-hybridized carbons (Fsp3) is 0.529. The minimum absolute atomic E-state index is 0.227. The predicted octanol–water partition coefficient (Wildman–Crippen LogP) is 4.98. The standard InChI is InChI=1S/C17H22BF3O2/c1-15(2)16(3,4)23-18(22-15)12-8-11-14(17(19,20)21)13-9-6-5-7-10-13/h5-11,14H,12H2,1-4H3. The van der Waals surface area contributed by atoms with Crippen molar-refractivity contribution < 1.29 is 22.5 Å². The highest BCUT2D eigenvalue weighted by molar-refractivity contribution is 6.46. The number of halogens is 3. The van der Waals surface area contributed by atoms with Crippen LogP contribution in [0.4, 0.5) is 13.2 Å². The Bertz CT molecular complexity index is 537. The van der Waals surface area contributed by atoms with E-state index in [-0.39, 0.29) is 11.9 Å². The molecule has 1 aliphatic heterocycles. The Labute approximate surface area is 135 Å². The average Bonchev–Trinajstić information content (AvgIpc) is 2.62. The molecule has 1 aromatic rings. The van der Waals surface area contributed by atoms with Crippen molar-refractivity contribution in [3.63, 3.8) is 0 Å². The van der Waals surface area contributed by atoms with Crippen LogP contribution in [0.25, 0.3) is 0 Å². The van der Waals surface area contributed by atoms with Gasteiger partial charge in [-0.05, 0) is 33.3 Å². The Morgan fingerprint density at radius 1 is 1.04 bits per heavy atom. The summed E-state index contributed by atoms with van der Waals surface area (Å²) in [6.45, 7) is 7.66. The highest BCUT2D eigenvalue weighted by atomic mass is 19.4. The maximum atomic E-state index is 13.2. The molecule has 1 saturated heterocycles. The number of hydrogen-bond acceptors (Lipinski definition) is 2. The summed E-state index contributed by atoms with van der Waals surface area (Å²) in [6.07, 6.45) is -1.37. The second kappa shape index (κ2) is 6.32. The molecule has 0 N–H and O–H groups in total. The van der Waals surface area contributed by atoms with Crippen LogP contribution in [-0.2, 0) is 9.31 Å². The van der Waals surface area contributed by atoms with E-state index in [2.05, 4.69) is 0 Å². The Kier molecular flexibility index (Phi) is 4.97. The number of alkyl halides is 3. The molecule has 0 saturated carbocycles. The molecule has 0 aromatic heterocycles. The summed E-state index contributed by atoms with van der Waals surface area (Å²) in [5.74, 6) is -1.62. The summed E-state index contributed by atoms with van der Waals surface area (Å²) in [5.41, 5.74) is -0.729. The summed E-state index contributed by atoms with van der Waals surface area (Å²) in [7, 11) is -0.527. The number of hydrogen-bond donors (Lipinski definition) is 0. The largest absolute Gasteiger partial charge is 0.461 e. The number of benzene rings is 1. The molecule has 1 aromatic carbocycles. The molecule has 0 aliphatic carbocycles. The topological polar surface area (TPSA) is 18.5 Å². The molecule has 1 fully saturated rings. The van der Waals surface area contributed by atoms with Crippen LogP contribution in [0.1, 0.15) is 39.2 Å². The summed E-state index contributed by atoms with van der Waals surface area (Å²) < 4.78 is 51.3. The molecule has 1 heterocycles. The molecule has 0 radical (unpaired) electrons. The van der Waals surface area contributed by atoms with Crippen LogP contribution in [0.5, 0.6) is 0 Å². The van der Waals surface area contributed by atoms with Gasteiger partial charge in [0.15, 0.2) is 0 Å². The van der Waals surface area contributed by atoms with E-state index in [1.165, 1.54) is 24.3 Å². The fourth-order valence-electron chi connectivity index (χ4n) is 2.46. The van der Waals surface area contributed by atoms with E-state index in [1.54, 1.807) is 18.2 Å². The smallest absolute Gasteiger partial charge is 0.403 e. The van der Waals surface area contributed by atoms with Crippen molar-refractivity contribution in [3.05, 3.63) is 48.0 Å². The van der Waals surface area contributed by atoms with Crippen molar-refractivity contribution in [2.75, 3.05) is 0 Å². The van der Waals surface area contributed by atoms with Gasteiger partial charge in [-0.2, -0.15) is 13.2 Å². The van der Waals surface area contributed by atoms with Crippen LogP contribution in [0.15, 0.2) is 42.5 Å². The first-order valence-corrected chi connectivity index (χ1v) is 7.67. The third-order valence-electron chi connectivity index (χ3n) is 4.47. The number of rotatable bonds is 4. The minimum atomic E-state index is -4.33. The van der Waals surface area contributed by atoms with Gasteiger partial charge in [0.2, 0.25) is 0 Å². The van der Waals surface area contributed by atoms with E-state index < -0.39 is 30.4 Å². The maximum absolute atomic E-state index is 13.2. The van der Waals surface area contributed by atoms with E-state index in [1.807, 2.05) is 27.7 Å². The quantitative estimate of drug-likeness (QED) is 0.574. The van der Waals surface area contributed by atoms with Gasteiger partial charge in [0.05, 0.1) is 17.1 Å². The van der Waals surface area contributed by atoms with Crippen LogP contribution < -0.4 is 0 Å². The molecule has 1 atom stereocenters. The monoisotopic (exact) mass is 326 g/mol. The lowest BCUT2D eigenvalue weighted by molar-refractivity contribution is -0.139. The van der Waals surface area contributed by atoms with Crippen molar-refractivity contribution in [3.8, 4) is 0 Å². The zero-order valence-corrected chi connectivity index (χ0v) is 13.9. The van der Waals surface area contributed by atoms with Gasteiger partial charge in [-0.1, -0.05) is 42.5 Å². The fourth-order valence-corrected chi connectivity index (χ4v) is 2.46. The minimum Gasteiger partial charge on any atom is -0.403 e. The normalized spacial score (nSPS) is 21.8. The van der Waals surface area contributed by atoms with Gasteiger partial charge >= 0.3 is 13.3 Å². The average molecular weight is 326 g/mol. The van der Waals surface area contributed by atoms with Gasteiger partial charge in [0.25, 0.3) is 0 Å². The van der Waals surface area contributed by atoms with Gasteiger partial charge in [0.1, 0.15) is 0 Å². The zero-order valence-electron chi connectivity index (χ0n) is 13.9. The lowest BCUT2D eigenvalue weighted by Gasteiger charge is -2.32. The second-order valence-electron chi connectivity index (χ2n) is 6.78. The highest BCUT2D eigenvalue weighted by Gasteiger charge is 2.50. The molecule has 2 rings (SSSR count). The number of allylic oxidation sites excluding steroid dienone is 2. The van der Waals surface area contributed by atoms with Crippen LogP contribution in [0.3, 0.4) is 0 Å². The lowest BCUT2D eigenvalue weighted by atomic mass is 9.84. The van der Waals surface area contributed by atoms with Crippen molar-refractivity contribution in [1.82, 2.24) is 0 Å². The Hall–Kier alpha value is -1.27. The van der Waals surface area contributed by atoms with Gasteiger partial charge in [-0.25, -0.2) is 0 Å². The summed E-state index contributed by atoms with van der Waals surface area (Å²) in [6, 6.07) is 7.88. The first kappa shape index (κ1) is 18.1. The van der Waals surface area contributed by atoms with E-state index in [0.29, 0.717) is 0 Å². The molecular weight excluding hydrogens is 304 g/mol. The third kappa shape index (κ3) is 4.18. The molecule has 0 spiro atoms. The second-order valence-corrected chi connectivity index (χ2v) is 6.78. The highest BCUT2D eigenvalue weighted by Crippen LogP contribution is 2.39. The van der Waals surface area contributed by atoms with Crippen LogP contribution in [0.2, 0.25) is 6.32 Å². The van der Waals surface area contributed by atoms with Gasteiger partial charge < -0.3 is 9.31 Å². The Morgan fingerprint density at radius 3 is 2.04 bits per heavy atom. The Balaban J connectivity index is 2.06. The van der Waals surface area contributed by atoms with E-state index >= 15 is 0 Å². The van der Waals surface area contributed by atoms with E-state index in [4.69, 9.17) is 9.31 Å². The Morgan fingerprint density at radius 2 is 1.57 bits per heavy atom. The van der Waals surface area contributed by atoms with Crippen molar-refractivity contribution in [2.45, 2.75) is 57.3 Å². The van der Waals surface area contributed by atoms with Crippen molar-refractivity contribution in [2.24, 2.45) is 0 Å². The van der Waals surface area contributed by atoms with Gasteiger partial charge in [0, 0.05) is 6.32 Å². The molecule has 0 bridgehead atoms. The molecule has 6 heteroatoms. The van der Waals surface area contributed by atoms with Gasteiger partial charge in [-0.3, -0.25) is 0 Å². The predicted molar refractivity (Wildman–Crippen MR) is 85.3 cm³/mol.